The van der Waals surface area contributed by atoms with Gasteiger partial charge in [0, 0.05) is 6.04 Å². The van der Waals surface area contributed by atoms with Crippen LogP contribution < -0.4 is 5.32 Å². The molecule has 1 N–H and O–H groups in total. The second-order valence-corrected chi connectivity index (χ2v) is 4.40. The fourth-order valence-electron chi connectivity index (χ4n) is 2.00. The van der Waals surface area contributed by atoms with Crippen LogP contribution in [0.3, 0.4) is 0 Å². The lowest BCUT2D eigenvalue weighted by Gasteiger charge is -2.26. The second kappa shape index (κ2) is 4.03. The van der Waals surface area contributed by atoms with Crippen LogP contribution in [0.25, 0.3) is 0 Å². The van der Waals surface area contributed by atoms with Gasteiger partial charge >= 0.3 is 0 Å². The highest BCUT2D eigenvalue weighted by atomic mass is 16.4. The molecule has 0 amide bonds. The molecule has 0 radical (unpaired) electrons. The van der Waals surface area contributed by atoms with Crippen molar-refractivity contribution in [2.45, 2.75) is 45.6 Å². The molecule has 78 valence electrons. The molecule has 1 aliphatic rings. The van der Waals surface area contributed by atoms with Gasteiger partial charge in [-0.15, -0.1) is 0 Å². The van der Waals surface area contributed by atoms with Crippen LogP contribution in [0.15, 0.2) is 10.7 Å². The lowest BCUT2D eigenvalue weighted by molar-refractivity contribution is 0.356. The predicted octanol–water partition coefficient (Wildman–Crippen LogP) is 2.97. The van der Waals surface area contributed by atoms with Crippen LogP contribution in [0.2, 0.25) is 0 Å². The number of oxazole rings is 1. The number of hydrogen-bond donors (Lipinski definition) is 1. The van der Waals surface area contributed by atoms with E-state index in [1.807, 2.05) is 6.92 Å². The molecule has 0 saturated heterocycles. The molecule has 1 aromatic rings. The van der Waals surface area contributed by atoms with E-state index < -0.39 is 0 Å². The molecule has 0 bridgehead atoms. The van der Waals surface area contributed by atoms with Crippen molar-refractivity contribution in [2.24, 2.45) is 5.92 Å². The first-order chi connectivity index (χ1) is 6.74. The Labute approximate surface area is 84.9 Å². The number of rotatable bonds is 2. The first-order valence-corrected chi connectivity index (χ1v) is 5.42. The number of nitrogens with one attached hydrogen (secondary N) is 1. The number of anilines is 1. The van der Waals surface area contributed by atoms with Crippen LogP contribution in [0.4, 0.5) is 6.01 Å². The van der Waals surface area contributed by atoms with Gasteiger partial charge in [0.25, 0.3) is 6.01 Å². The van der Waals surface area contributed by atoms with Crippen LogP contribution >= 0.6 is 0 Å². The van der Waals surface area contributed by atoms with Crippen LogP contribution in [0, 0.1) is 12.8 Å². The number of hydrogen-bond acceptors (Lipinski definition) is 3. The molecule has 1 heterocycles. The molecule has 1 aromatic heterocycles. The van der Waals surface area contributed by atoms with E-state index in [0.717, 1.165) is 11.6 Å². The van der Waals surface area contributed by atoms with Crippen molar-refractivity contribution in [3.05, 3.63) is 12.0 Å². The van der Waals surface area contributed by atoms with Gasteiger partial charge in [-0.2, -0.15) is 4.98 Å². The molecular weight excluding hydrogens is 176 g/mol. The summed E-state index contributed by atoms with van der Waals surface area (Å²) in [6, 6.07) is 1.24. The molecular formula is C11H18N2O. The third kappa shape index (κ3) is 2.28. The molecule has 14 heavy (non-hydrogen) atoms. The van der Waals surface area contributed by atoms with Gasteiger partial charge in [-0.1, -0.05) is 6.92 Å². The van der Waals surface area contributed by atoms with Gasteiger partial charge in [0.1, 0.15) is 6.26 Å². The Balaban J connectivity index is 1.86. The molecule has 3 nitrogen and oxygen atoms in total. The Morgan fingerprint density at radius 3 is 2.64 bits per heavy atom. The van der Waals surface area contributed by atoms with Crippen LogP contribution in [-0.2, 0) is 0 Å². The quantitative estimate of drug-likeness (QED) is 0.786. The number of aryl methyl sites for hydroxylation is 1. The fraction of sp³-hybridized carbons (Fsp3) is 0.727. The fourth-order valence-corrected chi connectivity index (χ4v) is 2.00. The molecule has 3 heteroatoms. The smallest absolute Gasteiger partial charge is 0.294 e. The third-order valence-electron chi connectivity index (χ3n) is 2.96. The molecule has 0 aromatic carbocycles. The number of aromatic nitrogens is 1. The lowest BCUT2D eigenvalue weighted by atomic mass is 9.87. The van der Waals surface area contributed by atoms with Gasteiger partial charge in [0.05, 0.1) is 5.69 Å². The standard InChI is InChI=1S/C11H18N2O/c1-8-3-5-10(6-4-8)13-11-12-9(2)7-14-11/h7-8,10H,3-6H2,1-2H3,(H,12,13). The minimum Gasteiger partial charge on any atom is -0.432 e. The van der Waals surface area contributed by atoms with E-state index in [1.54, 1.807) is 6.26 Å². The maximum Gasteiger partial charge on any atom is 0.294 e. The maximum atomic E-state index is 5.27. The first kappa shape index (κ1) is 9.56. The second-order valence-electron chi connectivity index (χ2n) is 4.40. The Hall–Kier alpha value is -0.990. The van der Waals surface area contributed by atoms with Crippen LogP contribution in [0.5, 0.6) is 0 Å². The van der Waals surface area contributed by atoms with Crippen molar-refractivity contribution in [1.82, 2.24) is 4.98 Å². The highest BCUT2D eigenvalue weighted by molar-refractivity contribution is 5.22. The summed E-state index contributed by atoms with van der Waals surface area (Å²) in [6.45, 7) is 4.27. The van der Waals surface area contributed by atoms with Gasteiger partial charge < -0.3 is 9.73 Å². The molecule has 0 atom stereocenters. The zero-order chi connectivity index (χ0) is 9.97. The summed E-state index contributed by atoms with van der Waals surface area (Å²) in [6.07, 6.45) is 6.80. The summed E-state index contributed by atoms with van der Waals surface area (Å²) in [5.74, 6) is 0.888. The minimum absolute atomic E-state index is 0.559. The SMILES string of the molecule is Cc1coc(NC2CCC(C)CC2)n1. The van der Waals surface area contributed by atoms with Gasteiger partial charge in [-0.25, -0.2) is 0 Å². The molecule has 1 saturated carbocycles. The van der Waals surface area contributed by atoms with E-state index in [-0.39, 0.29) is 0 Å². The Morgan fingerprint density at radius 2 is 2.07 bits per heavy atom. The summed E-state index contributed by atoms with van der Waals surface area (Å²) < 4.78 is 5.27. The van der Waals surface area contributed by atoms with Crippen molar-refractivity contribution < 1.29 is 4.42 Å². The molecule has 0 spiro atoms. The average molecular weight is 194 g/mol. The number of nitrogens with zero attached hydrogens (tertiary/aromatic N) is 1. The van der Waals surface area contributed by atoms with E-state index in [4.69, 9.17) is 4.42 Å². The summed E-state index contributed by atoms with van der Waals surface area (Å²) in [5, 5.41) is 3.34. The van der Waals surface area contributed by atoms with E-state index >= 15 is 0 Å². The minimum atomic E-state index is 0.559. The van der Waals surface area contributed by atoms with Crippen molar-refractivity contribution >= 4 is 6.01 Å². The van der Waals surface area contributed by atoms with Crippen molar-refractivity contribution in [3.8, 4) is 0 Å². The van der Waals surface area contributed by atoms with Gasteiger partial charge in [0.2, 0.25) is 0 Å². The summed E-state index contributed by atoms with van der Waals surface area (Å²) in [7, 11) is 0. The van der Waals surface area contributed by atoms with Gasteiger partial charge in [-0.05, 0) is 38.5 Å². The average Bonchev–Trinajstić information content (AvgIpc) is 2.56. The summed E-state index contributed by atoms with van der Waals surface area (Å²) in [4.78, 5) is 4.25. The first-order valence-electron chi connectivity index (χ1n) is 5.42. The van der Waals surface area contributed by atoms with Crippen LogP contribution in [-0.4, -0.2) is 11.0 Å². The van der Waals surface area contributed by atoms with E-state index in [0.29, 0.717) is 12.1 Å². The Morgan fingerprint density at radius 1 is 1.36 bits per heavy atom. The highest BCUT2D eigenvalue weighted by Crippen LogP contribution is 2.25. The van der Waals surface area contributed by atoms with E-state index in [1.165, 1.54) is 25.7 Å². The Bertz CT molecular complexity index is 287. The van der Waals surface area contributed by atoms with Gasteiger partial charge in [0.15, 0.2) is 0 Å². The maximum absolute atomic E-state index is 5.27. The van der Waals surface area contributed by atoms with Gasteiger partial charge in [-0.3, -0.25) is 0 Å². The summed E-state index contributed by atoms with van der Waals surface area (Å²) >= 11 is 0. The molecule has 2 rings (SSSR count). The van der Waals surface area contributed by atoms with Crippen LogP contribution in [0.1, 0.15) is 38.3 Å². The molecule has 0 aliphatic heterocycles. The van der Waals surface area contributed by atoms with E-state index in [9.17, 15) is 0 Å². The topological polar surface area (TPSA) is 38.1 Å². The largest absolute Gasteiger partial charge is 0.432 e. The zero-order valence-corrected chi connectivity index (χ0v) is 8.92. The zero-order valence-electron chi connectivity index (χ0n) is 8.92. The van der Waals surface area contributed by atoms with Crippen molar-refractivity contribution in [2.75, 3.05) is 5.32 Å². The molecule has 0 unspecified atom stereocenters. The van der Waals surface area contributed by atoms with Crippen molar-refractivity contribution in [3.63, 3.8) is 0 Å². The predicted molar refractivity (Wildman–Crippen MR) is 56.3 cm³/mol. The highest BCUT2D eigenvalue weighted by Gasteiger charge is 2.18. The lowest BCUT2D eigenvalue weighted by Crippen LogP contribution is -2.25. The molecule has 1 fully saturated rings. The normalized spacial score (nSPS) is 27.6. The molecule has 1 aliphatic carbocycles. The van der Waals surface area contributed by atoms with E-state index in [2.05, 4.69) is 17.2 Å². The Kier molecular flexibility index (Phi) is 2.75. The third-order valence-corrected chi connectivity index (χ3v) is 2.96. The monoisotopic (exact) mass is 194 g/mol. The summed E-state index contributed by atoms with van der Waals surface area (Å²) in [5.41, 5.74) is 0.941. The van der Waals surface area contributed by atoms with Crippen molar-refractivity contribution in [1.29, 1.82) is 0 Å².